The van der Waals surface area contributed by atoms with E-state index in [1.807, 2.05) is 24.3 Å². The lowest BCUT2D eigenvalue weighted by Gasteiger charge is -2.19. The zero-order chi connectivity index (χ0) is 29.2. The quantitative estimate of drug-likeness (QED) is 0.217. The zero-order valence-electron chi connectivity index (χ0n) is 23.8. The van der Waals surface area contributed by atoms with Gasteiger partial charge in [0.2, 0.25) is 0 Å². The lowest BCUT2D eigenvalue weighted by atomic mass is 9.84. The average Bonchev–Trinajstić information content (AvgIpc) is 3.45. The van der Waals surface area contributed by atoms with Gasteiger partial charge in [0, 0.05) is 22.4 Å². The molecule has 0 aliphatic carbocycles. The van der Waals surface area contributed by atoms with E-state index in [1.165, 1.54) is 32.7 Å². The molecule has 1 aromatic heterocycles. The molecule has 1 heterocycles. The van der Waals surface area contributed by atoms with Crippen LogP contribution in [0.3, 0.4) is 0 Å². The molecule has 8 aromatic carbocycles. The Balaban J connectivity index is 1.44. The molecule has 1 N–H and O–H groups in total. The third-order valence-corrected chi connectivity index (χ3v) is 8.93. The van der Waals surface area contributed by atoms with Crippen molar-refractivity contribution in [3.8, 4) is 39.1 Å². The molecule has 0 spiro atoms. The maximum absolute atomic E-state index is 11.1. The minimum absolute atomic E-state index is 0.180. The second kappa shape index (κ2) is 9.58. The van der Waals surface area contributed by atoms with Gasteiger partial charge in [-0.05, 0) is 66.2 Å². The zero-order valence-corrected chi connectivity index (χ0v) is 23.8. The summed E-state index contributed by atoms with van der Waals surface area (Å²) in [6, 6.07) is 52.8. The third-order valence-electron chi connectivity index (χ3n) is 8.93. The van der Waals surface area contributed by atoms with E-state index < -0.39 is 0 Å². The molecule has 0 bridgehead atoms. The maximum atomic E-state index is 11.1. The van der Waals surface area contributed by atoms with Crippen molar-refractivity contribution in [2.75, 3.05) is 0 Å². The Morgan fingerprint density at radius 2 is 0.932 bits per heavy atom. The second-order valence-corrected chi connectivity index (χ2v) is 11.4. The molecular weight excluding hydrogens is 536 g/mol. The van der Waals surface area contributed by atoms with Crippen molar-refractivity contribution in [1.82, 2.24) is 0 Å². The molecule has 0 atom stereocenters. The van der Waals surface area contributed by atoms with Crippen LogP contribution in [0.15, 0.2) is 156 Å². The average molecular weight is 563 g/mol. The molecule has 0 saturated heterocycles. The lowest BCUT2D eigenvalue weighted by Crippen LogP contribution is -1.92. The predicted octanol–water partition coefficient (Wildman–Crippen LogP) is 11.8. The van der Waals surface area contributed by atoms with Crippen molar-refractivity contribution in [3.05, 3.63) is 152 Å². The number of aromatic hydroxyl groups is 1. The van der Waals surface area contributed by atoms with Gasteiger partial charge >= 0.3 is 0 Å². The van der Waals surface area contributed by atoms with E-state index in [0.717, 1.165) is 49.4 Å². The summed E-state index contributed by atoms with van der Waals surface area (Å²) in [5, 5.41) is 20.2. The van der Waals surface area contributed by atoms with Gasteiger partial charge in [0.15, 0.2) is 0 Å². The van der Waals surface area contributed by atoms with Crippen LogP contribution in [0.1, 0.15) is 0 Å². The van der Waals surface area contributed by atoms with Gasteiger partial charge in [0.1, 0.15) is 16.9 Å². The molecule has 44 heavy (non-hydrogen) atoms. The first kappa shape index (κ1) is 24.7. The van der Waals surface area contributed by atoms with E-state index >= 15 is 0 Å². The highest BCUT2D eigenvalue weighted by Gasteiger charge is 2.22. The highest BCUT2D eigenvalue weighted by atomic mass is 16.3. The van der Waals surface area contributed by atoms with Crippen LogP contribution in [0, 0.1) is 0 Å². The van der Waals surface area contributed by atoms with Crippen LogP contribution in [0.5, 0.6) is 5.75 Å². The Bertz CT molecular complexity index is 2490. The first-order valence-corrected chi connectivity index (χ1v) is 14.9. The molecule has 0 aliphatic rings. The smallest absolute Gasteiger partial charge is 0.143 e. The van der Waals surface area contributed by atoms with Gasteiger partial charge in [-0.2, -0.15) is 0 Å². The summed E-state index contributed by atoms with van der Waals surface area (Å²) in [4.78, 5) is 0. The Hall–Kier alpha value is -5.86. The van der Waals surface area contributed by atoms with E-state index in [2.05, 4.69) is 121 Å². The molecule has 0 aliphatic heterocycles. The fraction of sp³-hybridized carbons (Fsp3) is 0. The summed E-state index contributed by atoms with van der Waals surface area (Å²) in [5.74, 6) is 0.180. The molecule has 0 unspecified atom stereocenters. The van der Waals surface area contributed by atoms with E-state index in [9.17, 15) is 5.11 Å². The molecule has 0 amide bonds. The number of para-hydroxylation sites is 1. The Morgan fingerprint density at radius 3 is 1.64 bits per heavy atom. The first-order chi connectivity index (χ1) is 21.8. The third kappa shape index (κ3) is 3.61. The molecule has 9 aromatic rings. The van der Waals surface area contributed by atoms with Gasteiger partial charge < -0.3 is 9.52 Å². The molecule has 0 saturated carbocycles. The number of furan rings is 1. The van der Waals surface area contributed by atoms with Crippen LogP contribution < -0.4 is 0 Å². The minimum Gasteiger partial charge on any atom is -0.508 e. The second-order valence-electron chi connectivity index (χ2n) is 11.4. The molecule has 2 heteroatoms. The van der Waals surface area contributed by atoms with Crippen LogP contribution in [-0.4, -0.2) is 5.11 Å². The largest absolute Gasteiger partial charge is 0.508 e. The monoisotopic (exact) mass is 562 g/mol. The molecular formula is C42H26O2. The summed E-state index contributed by atoms with van der Waals surface area (Å²) in [6.07, 6.45) is 0. The fourth-order valence-electron chi connectivity index (χ4n) is 7.11. The topological polar surface area (TPSA) is 33.4 Å². The van der Waals surface area contributed by atoms with E-state index in [0.29, 0.717) is 5.58 Å². The lowest BCUT2D eigenvalue weighted by molar-refractivity contribution is 0.475. The maximum Gasteiger partial charge on any atom is 0.143 e. The number of rotatable bonds is 3. The van der Waals surface area contributed by atoms with Crippen LogP contribution >= 0.6 is 0 Å². The van der Waals surface area contributed by atoms with E-state index in [-0.39, 0.29) is 5.75 Å². The van der Waals surface area contributed by atoms with Crippen molar-refractivity contribution in [3.63, 3.8) is 0 Å². The van der Waals surface area contributed by atoms with Crippen molar-refractivity contribution < 1.29 is 9.52 Å². The summed E-state index contributed by atoms with van der Waals surface area (Å²) in [6.45, 7) is 0. The van der Waals surface area contributed by atoms with Gasteiger partial charge in [-0.25, -0.2) is 0 Å². The Kier molecular flexibility index (Phi) is 5.38. The Labute approximate surface area is 254 Å². The molecule has 206 valence electrons. The van der Waals surface area contributed by atoms with Crippen molar-refractivity contribution in [2.24, 2.45) is 0 Å². The van der Waals surface area contributed by atoms with Gasteiger partial charge in [-0.3, -0.25) is 0 Å². The van der Waals surface area contributed by atoms with Crippen molar-refractivity contribution in [1.29, 1.82) is 0 Å². The van der Waals surface area contributed by atoms with Crippen LogP contribution in [-0.2, 0) is 0 Å². The van der Waals surface area contributed by atoms with Crippen molar-refractivity contribution in [2.45, 2.75) is 0 Å². The number of hydrogen-bond donors (Lipinski definition) is 1. The summed E-state index contributed by atoms with van der Waals surface area (Å²) in [5.41, 5.74) is 8.10. The van der Waals surface area contributed by atoms with Crippen LogP contribution in [0.25, 0.3) is 87.6 Å². The van der Waals surface area contributed by atoms with Crippen LogP contribution in [0.2, 0.25) is 0 Å². The van der Waals surface area contributed by atoms with Gasteiger partial charge in [0.25, 0.3) is 0 Å². The fourth-order valence-corrected chi connectivity index (χ4v) is 7.11. The van der Waals surface area contributed by atoms with Gasteiger partial charge in [-0.15, -0.1) is 0 Å². The molecule has 0 radical (unpaired) electrons. The van der Waals surface area contributed by atoms with E-state index in [4.69, 9.17) is 4.42 Å². The SMILES string of the molecule is Oc1cc(-c2c3ccccc3c(-c3cccc4ccccc34)c3ccccc23)c2c(c1)oc1c(-c3ccccc3)cccc12. The highest BCUT2D eigenvalue weighted by molar-refractivity contribution is 6.27. The number of phenols is 1. The predicted molar refractivity (Wildman–Crippen MR) is 184 cm³/mol. The Morgan fingerprint density at radius 1 is 0.409 bits per heavy atom. The van der Waals surface area contributed by atoms with E-state index in [1.54, 1.807) is 6.07 Å². The van der Waals surface area contributed by atoms with Gasteiger partial charge in [-0.1, -0.05) is 140 Å². The normalized spacial score (nSPS) is 11.7. The standard InChI is InChI=1S/C42H26O2/c43-28-24-37(41-36-23-11-21-30(27-12-2-1-3-13-27)42(36)44-38(41)25-28)40-34-19-8-6-17-32(34)39(33-18-7-9-20-35(33)40)31-22-10-15-26-14-4-5-16-29(26)31/h1-25,43H. The molecule has 9 rings (SSSR count). The van der Waals surface area contributed by atoms with Gasteiger partial charge in [0.05, 0.1) is 0 Å². The number of phenolic OH excluding ortho intramolecular Hbond substituents is 1. The summed E-state index contributed by atoms with van der Waals surface area (Å²) < 4.78 is 6.59. The molecule has 0 fully saturated rings. The first-order valence-electron chi connectivity index (χ1n) is 14.9. The number of fused-ring (bicyclic) bond motifs is 6. The van der Waals surface area contributed by atoms with Crippen molar-refractivity contribution >= 4 is 54.3 Å². The highest BCUT2D eigenvalue weighted by Crippen LogP contribution is 2.49. The summed E-state index contributed by atoms with van der Waals surface area (Å²) >= 11 is 0. The number of benzene rings is 8. The summed E-state index contributed by atoms with van der Waals surface area (Å²) in [7, 11) is 0. The molecule has 2 nitrogen and oxygen atoms in total. The minimum atomic E-state index is 0.180. The van der Waals surface area contributed by atoms with Crippen LogP contribution in [0.4, 0.5) is 0 Å². The number of hydrogen-bond acceptors (Lipinski definition) is 2.